The fourth-order valence-corrected chi connectivity index (χ4v) is 1.98. The summed E-state index contributed by atoms with van der Waals surface area (Å²) in [7, 11) is 0. The SMILES string of the molecule is Cc1oc(-c2ccccc2)cc1COc1ncc(F)c(N)n1. The molecule has 0 fully saturated rings. The predicted molar refractivity (Wildman–Crippen MR) is 79.6 cm³/mol. The molecular formula is C16H14FN3O2. The van der Waals surface area contributed by atoms with Gasteiger partial charge < -0.3 is 14.9 Å². The molecule has 0 spiro atoms. The monoisotopic (exact) mass is 299 g/mol. The largest absolute Gasteiger partial charge is 0.461 e. The van der Waals surface area contributed by atoms with E-state index < -0.39 is 5.82 Å². The van der Waals surface area contributed by atoms with Crippen molar-refractivity contribution in [2.75, 3.05) is 5.73 Å². The molecule has 22 heavy (non-hydrogen) atoms. The maximum absolute atomic E-state index is 13.0. The molecule has 0 aliphatic rings. The van der Waals surface area contributed by atoms with E-state index in [0.29, 0.717) is 0 Å². The van der Waals surface area contributed by atoms with Crippen molar-refractivity contribution in [3.8, 4) is 17.3 Å². The lowest BCUT2D eigenvalue weighted by molar-refractivity contribution is 0.277. The second-order valence-corrected chi connectivity index (χ2v) is 4.73. The Labute approximate surface area is 126 Å². The van der Waals surface area contributed by atoms with Crippen LogP contribution in [-0.4, -0.2) is 9.97 Å². The maximum atomic E-state index is 13.0. The van der Waals surface area contributed by atoms with Crippen molar-refractivity contribution in [3.63, 3.8) is 0 Å². The zero-order chi connectivity index (χ0) is 15.5. The highest BCUT2D eigenvalue weighted by Gasteiger charge is 2.11. The van der Waals surface area contributed by atoms with Crippen LogP contribution in [0.3, 0.4) is 0 Å². The number of nitrogen functional groups attached to an aromatic ring is 1. The molecule has 0 saturated carbocycles. The number of ether oxygens (including phenoxy) is 1. The van der Waals surface area contributed by atoms with Crippen LogP contribution >= 0.6 is 0 Å². The van der Waals surface area contributed by atoms with Gasteiger partial charge in [0.25, 0.3) is 0 Å². The second-order valence-electron chi connectivity index (χ2n) is 4.73. The summed E-state index contributed by atoms with van der Waals surface area (Å²) in [5.41, 5.74) is 7.23. The molecule has 0 unspecified atom stereocenters. The summed E-state index contributed by atoms with van der Waals surface area (Å²) in [4.78, 5) is 7.45. The van der Waals surface area contributed by atoms with Gasteiger partial charge in [-0.2, -0.15) is 4.98 Å². The van der Waals surface area contributed by atoms with Gasteiger partial charge in [-0.05, 0) is 13.0 Å². The Balaban J connectivity index is 1.76. The average Bonchev–Trinajstić information content (AvgIpc) is 2.90. The van der Waals surface area contributed by atoms with Gasteiger partial charge in [0.1, 0.15) is 18.1 Å². The molecular weight excluding hydrogens is 285 g/mol. The lowest BCUT2D eigenvalue weighted by Gasteiger charge is -2.03. The molecule has 0 saturated heterocycles. The molecule has 0 radical (unpaired) electrons. The highest BCUT2D eigenvalue weighted by atomic mass is 19.1. The number of halogens is 1. The Morgan fingerprint density at radius 2 is 2.05 bits per heavy atom. The van der Waals surface area contributed by atoms with Gasteiger partial charge >= 0.3 is 6.01 Å². The van der Waals surface area contributed by atoms with Crippen LogP contribution < -0.4 is 10.5 Å². The first-order valence-corrected chi connectivity index (χ1v) is 6.69. The molecule has 3 aromatic rings. The number of anilines is 1. The third-order valence-electron chi connectivity index (χ3n) is 3.18. The van der Waals surface area contributed by atoms with Crippen molar-refractivity contribution >= 4 is 5.82 Å². The van der Waals surface area contributed by atoms with Crippen molar-refractivity contribution in [2.45, 2.75) is 13.5 Å². The molecule has 0 atom stereocenters. The number of benzene rings is 1. The van der Waals surface area contributed by atoms with Gasteiger partial charge in [-0.15, -0.1) is 0 Å². The van der Waals surface area contributed by atoms with Gasteiger partial charge in [-0.3, -0.25) is 0 Å². The number of aryl methyl sites for hydroxylation is 1. The standard InChI is InChI=1S/C16H14FN3O2/c1-10-12(7-14(22-10)11-5-3-2-4-6-11)9-21-16-19-8-13(17)15(18)20-16/h2-8H,9H2,1H3,(H2,18,19,20). The number of nitrogens with zero attached hydrogens (tertiary/aromatic N) is 2. The Hall–Kier alpha value is -2.89. The summed E-state index contributed by atoms with van der Waals surface area (Å²) in [6, 6.07) is 11.7. The zero-order valence-corrected chi connectivity index (χ0v) is 11.9. The van der Waals surface area contributed by atoms with Crippen molar-refractivity contribution in [2.24, 2.45) is 0 Å². The van der Waals surface area contributed by atoms with Crippen LogP contribution in [0.25, 0.3) is 11.3 Å². The number of hydrogen-bond acceptors (Lipinski definition) is 5. The normalized spacial score (nSPS) is 10.6. The van der Waals surface area contributed by atoms with E-state index in [1.165, 1.54) is 0 Å². The minimum atomic E-state index is -0.668. The van der Waals surface area contributed by atoms with Crippen molar-refractivity contribution in [1.82, 2.24) is 9.97 Å². The number of rotatable bonds is 4. The van der Waals surface area contributed by atoms with Gasteiger partial charge in [0.05, 0.1) is 6.20 Å². The van der Waals surface area contributed by atoms with Gasteiger partial charge in [0.2, 0.25) is 0 Å². The molecule has 1 aromatic carbocycles. The van der Waals surface area contributed by atoms with Crippen LogP contribution in [0, 0.1) is 12.7 Å². The summed E-state index contributed by atoms with van der Waals surface area (Å²) >= 11 is 0. The molecule has 5 nitrogen and oxygen atoms in total. The van der Waals surface area contributed by atoms with Crippen LogP contribution in [0.4, 0.5) is 10.2 Å². The fraction of sp³-hybridized carbons (Fsp3) is 0.125. The topological polar surface area (TPSA) is 74.2 Å². The molecule has 2 aromatic heterocycles. The first-order chi connectivity index (χ1) is 10.6. The highest BCUT2D eigenvalue weighted by Crippen LogP contribution is 2.25. The van der Waals surface area contributed by atoms with E-state index in [4.69, 9.17) is 14.9 Å². The molecule has 2 heterocycles. The van der Waals surface area contributed by atoms with E-state index in [9.17, 15) is 4.39 Å². The zero-order valence-electron chi connectivity index (χ0n) is 11.9. The number of nitrogens with two attached hydrogens (primary N) is 1. The molecule has 0 aliphatic heterocycles. The van der Waals surface area contributed by atoms with Gasteiger partial charge in [-0.1, -0.05) is 30.3 Å². The van der Waals surface area contributed by atoms with E-state index in [1.807, 2.05) is 43.3 Å². The van der Waals surface area contributed by atoms with Gasteiger partial charge in [-0.25, -0.2) is 9.37 Å². The lowest BCUT2D eigenvalue weighted by atomic mass is 10.1. The first-order valence-electron chi connectivity index (χ1n) is 6.69. The smallest absolute Gasteiger partial charge is 0.318 e. The molecule has 3 rings (SSSR count). The predicted octanol–water partition coefficient (Wildman–Crippen LogP) is 3.35. The molecule has 0 bridgehead atoms. The fourth-order valence-electron chi connectivity index (χ4n) is 1.98. The van der Waals surface area contributed by atoms with Crippen molar-refractivity contribution < 1.29 is 13.5 Å². The van der Waals surface area contributed by atoms with Gasteiger partial charge in [0, 0.05) is 11.1 Å². The molecule has 112 valence electrons. The van der Waals surface area contributed by atoms with Gasteiger partial charge in [0.15, 0.2) is 11.6 Å². The summed E-state index contributed by atoms with van der Waals surface area (Å²) in [6.07, 6.45) is 0.981. The highest BCUT2D eigenvalue weighted by molar-refractivity contribution is 5.58. The quantitative estimate of drug-likeness (QED) is 0.799. The van der Waals surface area contributed by atoms with Crippen LogP contribution in [0.15, 0.2) is 47.0 Å². The Bertz CT molecular complexity index is 787. The summed E-state index contributed by atoms with van der Waals surface area (Å²) in [6.45, 7) is 2.07. The maximum Gasteiger partial charge on any atom is 0.318 e. The Morgan fingerprint density at radius 3 is 2.77 bits per heavy atom. The van der Waals surface area contributed by atoms with E-state index in [2.05, 4.69) is 9.97 Å². The van der Waals surface area contributed by atoms with Crippen LogP contribution in [0.2, 0.25) is 0 Å². The summed E-state index contributed by atoms with van der Waals surface area (Å²) in [5, 5.41) is 0. The minimum Gasteiger partial charge on any atom is -0.461 e. The second kappa shape index (κ2) is 5.85. The Morgan fingerprint density at radius 1 is 1.27 bits per heavy atom. The molecule has 2 N–H and O–H groups in total. The summed E-state index contributed by atoms with van der Waals surface area (Å²) < 4.78 is 24.2. The molecule has 6 heteroatoms. The number of furan rings is 1. The van der Waals surface area contributed by atoms with Crippen LogP contribution in [-0.2, 0) is 6.61 Å². The minimum absolute atomic E-state index is 0.0285. The van der Waals surface area contributed by atoms with Crippen molar-refractivity contribution in [3.05, 3.63) is 59.7 Å². The Kier molecular flexibility index (Phi) is 3.74. The molecule has 0 aliphatic carbocycles. The number of hydrogen-bond donors (Lipinski definition) is 1. The first kappa shape index (κ1) is 14.1. The summed E-state index contributed by atoms with van der Waals surface area (Å²) in [5.74, 6) is 0.599. The third-order valence-corrected chi connectivity index (χ3v) is 3.18. The van der Waals surface area contributed by atoms with Crippen molar-refractivity contribution in [1.29, 1.82) is 0 Å². The van der Waals surface area contributed by atoms with Crippen LogP contribution in [0.5, 0.6) is 6.01 Å². The average molecular weight is 299 g/mol. The third kappa shape index (κ3) is 2.90. The van der Waals surface area contributed by atoms with E-state index >= 15 is 0 Å². The lowest BCUT2D eigenvalue weighted by Crippen LogP contribution is -2.03. The van der Waals surface area contributed by atoms with E-state index in [0.717, 1.165) is 28.8 Å². The number of aromatic nitrogens is 2. The van der Waals surface area contributed by atoms with E-state index in [-0.39, 0.29) is 18.4 Å². The van der Waals surface area contributed by atoms with E-state index in [1.54, 1.807) is 0 Å². The molecule has 0 amide bonds. The van der Waals surface area contributed by atoms with Crippen LogP contribution in [0.1, 0.15) is 11.3 Å².